The maximum atomic E-state index is 10.5. The lowest BCUT2D eigenvalue weighted by Crippen LogP contribution is -2.21. The summed E-state index contributed by atoms with van der Waals surface area (Å²) in [6, 6.07) is 0. The van der Waals surface area contributed by atoms with Gasteiger partial charge in [0.2, 0.25) is 0 Å². The van der Waals surface area contributed by atoms with Crippen LogP contribution in [0.4, 0.5) is 0 Å². The Kier molecular flexibility index (Phi) is 7.85. The molecule has 0 aromatic carbocycles. The molecule has 9 heavy (non-hydrogen) atoms. The third-order valence-corrected chi connectivity index (χ3v) is 1.20. The summed E-state index contributed by atoms with van der Waals surface area (Å²) >= 11 is 0. The van der Waals surface area contributed by atoms with E-state index in [1.165, 1.54) is 0 Å². The summed E-state index contributed by atoms with van der Waals surface area (Å²) in [5.41, 5.74) is 0. The molecule has 2 nitrogen and oxygen atoms in total. The van der Waals surface area contributed by atoms with Gasteiger partial charge in [-0.3, -0.25) is 4.79 Å². The zero-order valence-electron chi connectivity index (χ0n) is 6.10. The van der Waals surface area contributed by atoms with Crippen LogP contribution < -0.4 is 5.32 Å². The van der Waals surface area contributed by atoms with Crippen molar-refractivity contribution in [3.8, 4) is 0 Å². The van der Waals surface area contributed by atoms with Gasteiger partial charge in [-0.05, 0) is 14.0 Å². The minimum Gasteiger partial charge on any atom is -0.319 e. The highest BCUT2D eigenvalue weighted by Crippen LogP contribution is 1.91. The number of carbonyl (C=O) groups is 1. The third kappa shape index (κ3) is 5.80. The molecular formula is C6H14ClNO. The van der Waals surface area contributed by atoms with Crippen LogP contribution in [0.5, 0.6) is 0 Å². The smallest absolute Gasteiger partial charge is 0.133 e. The Bertz CT molecular complexity index is 85.1. The van der Waals surface area contributed by atoms with E-state index in [0.717, 1.165) is 6.54 Å². The molecule has 56 valence electrons. The highest BCUT2D eigenvalue weighted by atomic mass is 35.5. The second kappa shape index (κ2) is 6.05. The first-order valence-corrected chi connectivity index (χ1v) is 2.83. The number of rotatable bonds is 3. The molecule has 0 bridgehead atoms. The summed E-state index contributed by atoms with van der Waals surface area (Å²) in [5.74, 6) is 0.416. The summed E-state index contributed by atoms with van der Waals surface area (Å²) in [6.07, 6.45) is 0. The van der Waals surface area contributed by atoms with Gasteiger partial charge >= 0.3 is 0 Å². The van der Waals surface area contributed by atoms with Crippen LogP contribution in [0, 0.1) is 5.92 Å². The first-order valence-electron chi connectivity index (χ1n) is 2.83. The van der Waals surface area contributed by atoms with E-state index in [1.807, 2.05) is 14.0 Å². The van der Waals surface area contributed by atoms with Crippen molar-refractivity contribution in [2.75, 3.05) is 13.6 Å². The molecule has 1 unspecified atom stereocenters. The second-order valence-electron chi connectivity index (χ2n) is 2.07. The van der Waals surface area contributed by atoms with Gasteiger partial charge in [-0.25, -0.2) is 0 Å². The predicted octanol–water partition coefficient (Wildman–Crippen LogP) is 0.853. The number of Topliss-reactive ketones (excluding diaryl/α,β-unsaturated/α-hetero) is 1. The normalized spacial score (nSPS) is 11.9. The fourth-order valence-corrected chi connectivity index (χ4v) is 0.450. The number of halogens is 1. The number of carbonyl (C=O) groups excluding carboxylic acids is 1. The molecule has 0 aromatic rings. The molecule has 0 aliphatic heterocycles. The van der Waals surface area contributed by atoms with E-state index < -0.39 is 0 Å². The molecule has 3 heteroatoms. The average molecular weight is 152 g/mol. The molecule has 0 saturated carbocycles. The number of hydrogen-bond donors (Lipinski definition) is 1. The Morgan fingerprint density at radius 1 is 1.67 bits per heavy atom. The summed E-state index contributed by atoms with van der Waals surface area (Å²) in [4.78, 5) is 10.5. The van der Waals surface area contributed by atoms with Crippen LogP contribution in [0.25, 0.3) is 0 Å². The van der Waals surface area contributed by atoms with E-state index in [9.17, 15) is 4.79 Å². The largest absolute Gasteiger partial charge is 0.319 e. The Morgan fingerprint density at radius 2 is 2.11 bits per heavy atom. The highest BCUT2D eigenvalue weighted by molar-refractivity contribution is 5.85. The van der Waals surface area contributed by atoms with Crippen LogP contribution in [0.3, 0.4) is 0 Å². The molecule has 1 N–H and O–H groups in total. The van der Waals surface area contributed by atoms with Crippen LogP contribution >= 0.6 is 12.4 Å². The molecule has 0 aliphatic carbocycles. The van der Waals surface area contributed by atoms with Crippen molar-refractivity contribution in [2.45, 2.75) is 13.8 Å². The maximum absolute atomic E-state index is 10.5. The molecule has 0 fully saturated rings. The van der Waals surface area contributed by atoms with Crippen molar-refractivity contribution < 1.29 is 4.79 Å². The van der Waals surface area contributed by atoms with Crippen LogP contribution in [-0.4, -0.2) is 19.4 Å². The fourth-order valence-electron chi connectivity index (χ4n) is 0.450. The average Bonchev–Trinajstić information content (AvgIpc) is 1.67. The Balaban J connectivity index is 0. The highest BCUT2D eigenvalue weighted by Gasteiger charge is 2.03. The van der Waals surface area contributed by atoms with E-state index in [1.54, 1.807) is 6.92 Å². The van der Waals surface area contributed by atoms with Gasteiger partial charge in [0.15, 0.2) is 0 Å². The van der Waals surface area contributed by atoms with E-state index in [2.05, 4.69) is 5.32 Å². The summed E-state index contributed by atoms with van der Waals surface area (Å²) in [5, 5.41) is 2.93. The molecule has 1 atom stereocenters. The van der Waals surface area contributed by atoms with E-state index in [-0.39, 0.29) is 24.1 Å². The van der Waals surface area contributed by atoms with Crippen molar-refractivity contribution in [1.82, 2.24) is 5.32 Å². The summed E-state index contributed by atoms with van der Waals surface area (Å²) in [7, 11) is 1.85. The Labute approximate surface area is 62.4 Å². The van der Waals surface area contributed by atoms with Crippen molar-refractivity contribution in [3.63, 3.8) is 0 Å². The second-order valence-corrected chi connectivity index (χ2v) is 2.07. The summed E-state index contributed by atoms with van der Waals surface area (Å²) in [6.45, 7) is 4.32. The van der Waals surface area contributed by atoms with Gasteiger partial charge in [0.25, 0.3) is 0 Å². The topological polar surface area (TPSA) is 29.1 Å². The minimum atomic E-state index is 0. The van der Waals surface area contributed by atoms with E-state index in [0.29, 0.717) is 0 Å². The lowest BCUT2D eigenvalue weighted by molar-refractivity contribution is -0.120. The van der Waals surface area contributed by atoms with Crippen molar-refractivity contribution in [1.29, 1.82) is 0 Å². The van der Waals surface area contributed by atoms with Gasteiger partial charge in [0.1, 0.15) is 5.78 Å². The monoisotopic (exact) mass is 151 g/mol. The molecule has 0 saturated heterocycles. The summed E-state index contributed by atoms with van der Waals surface area (Å²) < 4.78 is 0. The minimum absolute atomic E-state index is 0. The van der Waals surface area contributed by atoms with Gasteiger partial charge in [-0.2, -0.15) is 0 Å². The zero-order valence-corrected chi connectivity index (χ0v) is 6.92. The standard InChI is InChI=1S/C6H13NO.ClH/c1-5(4-7-3)6(2)8;/h5,7H,4H2,1-3H3;1H. The van der Waals surface area contributed by atoms with Crippen LogP contribution in [-0.2, 0) is 4.79 Å². The predicted molar refractivity (Wildman–Crippen MR) is 41.0 cm³/mol. The van der Waals surface area contributed by atoms with Crippen molar-refractivity contribution in [2.24, 2.45) is 5.92 Å². The molecule has 0 heterocycles. The maximum Gasteiger partial charge on any atom is 0.133 e. The SMILES string of the molecule is CNCC(C)C(C)=O.Cl. The third-order valence-electron chi connectivity index (χ3n) is 1.20. The first-order chi connectivity index (χ1) is 3.68. The van der Waals surface area contributed by atoms with Gasteiger partial charge < -0.3 is 5.32 Å². The molecule has 0 amide bonds. The van der Waals surface area contributed by atoms with E-state index in [4.69, 9.17) is 0 Å². The molecule has 0 aromatic heterocycles. The van der Waals surface area contributed by atoms with Crippen LogP contribution in [0.1, 0.15) is 13.8 Å². The lowest BCUT2D eigenvalue weighted by Gasteiger charge is -2.03. The molecule has 0 spiro atoms. The number of hydrogen-bond acceptors (Lipinski definition) is 2. The van der Waals surface area contributed by atoms with Crippen LogP contribution in [0.15, 0.2) is 0 Å². The van der Waals surface area contributed by atoms with E-state index >= 15 is 0 Å². The van der Waals surface area contributed by atoms with Gasteiger partial charge in [-0.1, -0.05) is 6.92 Å². The van der Waals surface area contributed by atoms with Gasteiger partial charge in [-0.15, -0.1) is 12.4 Å². The van der Waals surface area contributed by atoms with Gasteiger partial charge in [0.05, 0.1) is 0 Å². The molecule has 0 rings (SSSR count). The molecular weight excluding hydrogens is 138 g/mol. The van der Waals surface area contributed by atoms with Crippen LogP contribution in [0.2, 0.25) is 0 Å². The molecule has 0 radical (unpaired) electrons. The Morgan fingerprint density at radius 3 is 2.22 bits per heavy atom. The lowest BCUT2D eigenvalue weighted by atomic mass is 10.1. The zero-order chi connectivity index (χ0) is 6.57. The number of ketones is 1. The first kappa shape index (κ1) is 11.7. The van der Waals surface area contributed by atoms with Crippen molar-refractivity contribution >= 4 is 18.2 Å². The van der Waals surface area contributed by atoms with Crippen molar-refractivity contribution in [3.05, 3.63) is 0 Å². The fraction of sp³-hybridized carbons (Fsp3) is 0.833. The molecule has 0 aliphatic rings. The Hall–Kier alpha value is -0.0800. The quantitative estimate of drug-likeness (QED) is 0.648. The van der Waals surface area contributed by atoms with Gasteiger partial charge in [0, 0.05) is 12.5 Å². The number of nitrogens with one attached hydrogen (secondary N) is 1.